The van der Waals surface area contributed by atoms with Crippen molar-refractivity contribution in [3.05, 3.63) is 28.9 Å². The van der Waals surface area contributed by atoms with Crippen LogP contribution >= 0.6 is 0 Å². The Hall–Kier alpha value is -2.18. The van der Waals surface area contributed by atoms with Gasteiger partial charge in [-0.3, -0.25) is 4.57 Å². The molecule has 3 aromatic rings. The Morgan fingerprint density at radius 1 is 1.33 bits per heavy atom. The number of aromatic amines is 2. The number of halogens is 2. The van der Waals surface area contributed by atoms with Crippen molar-refractivity contribution in [3.63, 3.8) is 0 Å². The molecule has 0 bridgehead atoms. The van der Waals surface area contributed by atoms with Crippen LogP contribution in [0.15, 0.2) is 23.3 Å². The van der Waals surface area contributed by atoms with Crippen molar-refractivity contribution in [2.45, 2.75) is 37.6 Å². The van der Waals surface area contributed by atoms with E-state index in [0.717, 1.165) is 10.9 Å². The summed E-state index contributed by atoms with van der Waals surface area (Å²) in [5, 5.41) is 0.836. The van der Waals surface area contributed by atoms with E-state index in [0.29, 0.717) is 24.0 Å². The number of aromatic nitrogens is 4. The highest BCUT2D eigenvalue weighted by molar-refractivity contribution is 6.00. The van der Waals surface area contributed by atoms with Gasteiger partial charge in [-0.15, -0.1) is 0 Å². The van der Waals surface area contributed by atoms with Crippen molar-refractivity contribution in [3.8, 4) is 0 Å². The molecule has 3 aromatic heterocycles. The summed E-state index contributed by atoms with van der Waals surface area (Å²) >= 11 is 0. The van der Waals surface area contributed by atoms with Gasteiger partial charge < -0.3 is 9.97 Å². The number of nitrogens with zero attached hydrogens (tertiary/aromatic N) is 2. The Bertz CT molecular complexity index is 866. The average Bonchev–Trinajstić information content (AvgIpc) is 3.02. The number of alkyl halides is 2. The molecule has 5 nitrogen and oxygen atoms in total. The summed E-state index contributed by atoms with van der Waals surface area (Å²) in [6.45, 7) is 0. The van der Waals surface area contributed by atoms with E-state index < -0.39 is 5.92 Å². The molecule has 1 saturated carbocycles. The monoisotopic (exact) mass is 292 g/mol. The topological polar surface area (TPSA) is 66.5 Å². The summed E-state index contributed by atoms with van der Waals surface area (Å²) in [7, 11) is 0. The standard InChI is InChI=1S/C14H14F2N4O/c15-14(16)4-1-8(2-5-14)20-11-9-3-6-17-12(9)18-7-10(11)19-13(20)21/h3,6-8H,1-2,4-5H2,(H,17,18)(H,19,21). The molecular formula is C14H14F2N4O. The second-order valence-corrected chi connectivity index (χ2v) is 5.65. The molecule has 0 amide bonds. The van der Waals surface area contributed by atoms with Crippen LogP contribution in [-0.2, 0) is 0 Å². The second-order valence-electron chi connectivity index (χ2n) is 5.65. The van der Waals surface area contributed by atoms with Gasteiger partial charge >= 0.3 is 5.69 Å². The van der Waals surface area contributed by atoms with Crippen LogP contribution in [0.5, 0.6) is 0 Å². The van der Waals surface area contributed by atoms with Gasteiger partial charge in [0, 0.05) is 30.5 Å². The molecule has 0 aromatic carbocycles. The molecule has 1 aliphatic rings. The number of rotatable bonds is 1. The minimum absolute atomic E-state index is 0.169. The molecule has 0 radical (unpaired) electrons. The highest BCUT2D eigenvalue weighted by atomic mass is 19.3. The molecule has 0 atom stereocenters. The predicted molar refractivity (Wildman–Crippen MR) is 74.7 cm³/mol. The molecule has 3 heterocycles. The van der Waals surface area contributed by atoms with Crippen molar-refractivity contribution in [1.29, 1.82) is 0 Å². The minimum Gasteiger partial charge on any atom is -0.346 e. The summed E-state index contributed by atoms with van der Waals surface area (Å²) in [4.78, 5) is 22.3. The Morgan fingerprint density at radius 2 is 2.10 bits per heavy atom. The summed E-state index contributed by atoms with van der Waals surface area (Å²) in [6.07, 6.45) is 3.65. The first-order valence-corrected chi connectivity index (χ1v) is 6.99. The Balaban J connectivity index is 1.90. The lowest BCUT2D eigenvalue weighted by molar-refractivity contribution is -0.0438. The van der Waals surface area contributed by atoms with E-state index in [-0.39, 0.29) is 24.6 Å². The Morgan fingerprint density at radius 3 is 2.86 bits per heavy atom. The Labute approximate surface area is 118 Å². The SMILES string of the molecule is O=c1[nH]c2cnc3[nH]ccc3c2n1C1CCC(F)(F)CC1. The highest BCUT2D eigenvalue weighted by Gasteiger charge is 2.36. The fourth-order valence-electron chi connectivity index (χ4n) is 3.25. The van der Waals surface area contributed by atoms with Crippen molar-refractivity contribution < 1.29 is 8.78 Å². The number of H-pyrrole nitrogens is 2. The zero-order valence-corrected chi connectivity index (χ0v) is 11.2. The third-order valence-electron chi connectivity index (χ3n) is 4.31. The fraction of sp³-hybridized carbons (Fsp3) is 0.429. The van der Waals surface area contributed by atoms with E-state index >= 15 is 0 Å². The largest absolute Gasteiger partial charge is 0.346 e. The van der Waals surface area contributed by atoms with Gasteiger partial charge in [0.2, 0.25) is 5.92 Å². The molecule has 4 rings (SSSR count). The van der Waals surface area contributed by atoms with Crippen LogP contribution in [0.3, 0.4) is 0 Å². The molecule has 7 heteroatoms. The van der Waals surface area contributed by atoms with E-state index in [4.69, 9.17) is 0 Å². The molecule has 0 unspecified atom stereocenters. The number of hydrogen-bond donors (Lipinski definition) is 2. The first-order chi connectivity index (χ1) is 10.1. The lowest BCUT2D eigenvalue weighted by Gasteiger charge is -2.29. The maximum Gasteiger partial charge on any atom is 0.326 e. The van der Waals surface area contributed by atoms with Crippen LogP contribution < -0.4 is 5.69 Å². The third-order valence-corrected chi connectivity index (χ3v) is 4.31. The third kappa shape index (κ3) is 1.87. The zero-order chi connectivity index (χ0) is 14.6. The van der Waals surface area contributed by atoms with Crippen LogP contribution in [0.4, 0.5) is 8.78 Å². The fourth-order valence-corrected chi connectivity index (χ4v) is 3.25. The van der Waals surface area contributed by atoms with Crippen LogP contribution in [0, 0.1) is 0 Å². The lowest BCUT2D eigenvalue weighted by atomic mass is 9.92. The van der Waals surface area contributed by atoms with Crippen molar-refractivity contribution in [2.24, 2.45) is 0 Å². The van der Waals surface area contributed by atoms with Gasteiger partial charge in [0.1, 0.15) is 5.65 Å². The average molecular weight is 292 g/mol. The molecule has 0 aliphatic heterocycles. The molecule has 2 N–H and O–H groups in total. The van der Waals surface area contributed by atoms with E-state index in [9.17, 15) is 13.6 Å². The number of fused-ring (bicyclic) bond motifs is 3. The highest BCUT2D eigenvalue weighted by Crippen LogP contribution is 2.39. The summed E-state index contributed by atoms with van der Waals surface area (Å²) in [5.41, 5.74) is 1.83. The van der Waals surface area contributed by atoms with Gasteiger partial charge in [0.05, 0.1) is 17.2 Å². The van der Waals surface area contributed by atoms with Gasteiger partial charge in [-0.1, -0.05) is 0 Å². The number of hydrogen-bond acceptors (Lipinski definition) is 2. The van der Waals surface area contributed by atoms with Crippen molar-refractivity contribution >= 4 is 22.1 Å². The maximum atomic E-state index is 13.3. The van der Waals surface area contributed by atoms with Gasteiger partial charge in [0.25, 0.3) is 0 Å². The van der Waals surface area contributed by atoms with E-state index in [1.807, 2.05) is 6.07 Å². The summed E-state index contributed by atoms with van der Waals surface area (Å²) in [6, 6.07) is 1.66. The molecule has 1 fully saturated rings. The summed E-state index contributed by atoms with van der Waals surface area (Å²) < 4.78 is 28.3. The molecule has 1 aliphatic carbocycles. The van der Waals surface area contributed by atoms with Gasteiger partial charge in [-0.25, -0.2) is 18.6 Å². The zero-order valence-electron chi connectivity index (χ0n) is 11.2. The van der Waals surface area contributed by atoms with Gasteiger partial charge in [-0.05, 0) is 18.9 Å². The second kappa shape index (κ2) is 4.16. The summed E-state index contributed by atoms with van der Waals surface area (Å²) in [5.74, 6) is -2.60. The van der Waals surface area contributed by atoms with Crippen LogP contribution in [-0.4, -0.2) is 25.4 Å². The predicted octanol–water partition coefficient (Wildman–Crippen LogP) is 2.96. The first kappa shape index (κ1) is 12.6. The van der Waals surface area contributed by atoms with E-state index in [1.165, 1.54) is 0 Å². The first-order valence-electron chi connectivity index (χ1n) is 6.99. The number of nitrogens with one attached hydrogen (secondary N) is 2. The van der Waals surface area contributed by atoms with Gasteiger partial charge in [-0.2, -0.15) is 0 Å². The Kier molecular flexibility index (Phi) is 2.49. The quantitative estimate of drug-likeness (QED) is 0.724. The normalized spacial score (nSPS) is 19.5. The van der Waals surface area contributed by atoms with Gasteiger partial charge in [0.15, 0.2) is 0 Å². The van der Waals surface area contributed by atoms with Crippen molar-refractivity contribution in [1.82, 2.24) is 19.5 Å². The van der Waals surface area contributed by atoms with Crippen molar-refractivity contribution in [2.75, 3.05) is 0 Å². The number of pyridine rings is 1. The molecular weight excluding hydrogens is 278 g/mol. The van der Waals surface area contributed by atoms with Crippen LogP contribution in [0.1, 0.15) is 31.7 Å². The minimum atomic E-state index is -2.60. The molecule has 21 heavy (non-hydrogen) atoms. The molecule has 0 spiro atoms. The molecule has 110 valence electrons. The lowest BCUT2D eigenvalue weighted by Crippen LogP contribution is -2.30. The maximum absolute atomic E-state index is 13.3. The smallest absolute Gasteiger partial charge is 0.326 e. The molecule has 0 saturated heterocycles. The van der Waals surface area contributed by atoms with Crippen LogP contribution in [0.25, 0.3) is 22.1 Å². The van der Waals surface area contributed by atoms with E-state index in [1.54, 1.807) is 17.0 Å². The van der Waals surface area contributed by atoms with Crippen LogP contribution in [0.2, 0.25) is 0 Å². The number of imidazole rings is 1. The van der Waals surface area contributed by atoms with E-state index in [2.05, 4.69) is 15.0 Å².